The zero-order valence-electron chi connectivity index (χ0n) is 10.4. The third-order valence-corrected chi connectivity index (χ3v) is 4.13. The van der Waals surface area contributed by atoms with Crippen LogP contribution >= 0.6 is 0 Å². The molecular formula is C14H19NO2. The standard InChI is InChI=1S/C14H19NO2/c1-3-11(4-2)15-12(16)10-14(13(15)17)8-6-5-7-9-14/h1,11H,4-10H2,2H3. The lowest BCUT2D eigenvalue weighted by Gasteiger charge is -2.31. The van der Waals surface area contributed by atoms with Crippen LogP contribution in [0.15, 0.2) is 0 Å². The van der Waals surface area contributed by atoms with Gasteiger partial charge in [0, 0.05) is 6.42 Å². The Morgan fingerprint density at radius 1 is 1.35 bits per heavy atom. The summed E-state index contributed by atoms with van der Waals surface area (Å²) in [5.74, 6) is 2.49. The van der Waals surface area contributed by atoms with Gasteiger partial charge < -0.3 is 0 Å². The molecule has 0 aromatic rings. The van der Waals surface area contributed by atoms with Crippen LogP contribution in [0.2, 0.25) is 0 Å². The molecule has 0 aromatic carbocycles. The van der Waals surface area contributed by atoms with Gasteiger partial charge in [0.25, 0.3) is 0 Å². The molecule has 1 unspecified atom stereocenters. The van der Waals surface area contributed by atoms with E-state index in [1.54, 1.807) is 0 Å². The minimum atomic E-state index is -0.403. The Morgan fingerprint density at radius 3 is 2.53 bits per heavy atom. The number of nitrogens with zero attached hydrogens (tertiary/aromatic N) is 1. The van der Waals surface area contributed by atoms with Crippen LogP contribution in [0, 0.1) is 17.8 Å². The van der Waals surface area contributed by atoms with Crippen molar-refractivity contribution in [1.29, 1.82) is 0 Å². The van der Waals surface area contributed by atoms with Crippen LogP contribution in [0.5, 0.6) is 0 Å². The lowest BCUT2D eigenvalue weighted by atomic mass is 9.73. The van der Waals surface area contributed by atoms with Gasteiger partial charge in [0.1, 0.15) is 6.04 Å². The van der Waals surface area contributed by atoms with Gasteiger partial charge >= 0.3 is 0 Å². The van der Waals surface area contributed by atoms with Gasteiger partial charge in [-0.15, -0.1) is 6.42 Å². The maximum absolute atomic E-state index is 12.5. The highest BCUT2D eigenvalue weighted by Gasteiger charge is 2.52. The molecule has 1 saturated heterocycles. The van der Waals surface area contributed by atoms with Gasteiger partial charge in [-0.1, -0.05) is 32.1 Å². The minimum Gasteiger partial charge on any atom is -0.274 e. The summed E-state index contributed by atoms with van der Waals surface area (Å²) in [6.07, 6.45) is 11.4. The molecule has 0 bridgehead atoms. The SMILES string of the molecule is C#CC(CC)N1C(=O)CC2(CCCCC2)C1=O. The van der Waals surface area contributed by atoms with Crippen molar-refractivity contribution < 1.29 is 9.59 Å². The number of carbonyl (C=O) groups excluding carboxylic acids is 2. The van der Waals surface area contributed by atoms with E-state index in [4.69, 9.17) is 6.42 Å². The van der Waals surface area contributed by atoms with E-state index in [9.17, 15) is 9.59 Å². The summed E-state index contributed by atoms with van der Waals surface area (Å²) in [6.45, 7) is 1.91. The molecule has 0 aromatic heterocycles. The van der Waals surface area contributed by atoms with E-state index in [2.05, 4.69) is 5.92 Å². The molecule has 1 saturated carbocycles. The van der Waals surface area contributed by atoms with E-state index >= 15 is 0 Å². The first kappa shape index (κ1) is 12.2. The van der Waals surface area contributed by atoms with E-state index in [0.717, 1.165) is 25.7 Å². The van der Waals surface area contributed by atoms with E-state index in [1.807, 2.05) is 6.92 Å². The zero-order chi connectivity index (χ0) is 12.5. The summed E-state index contributed by atoms with van der Waals surface area (Å²) in [6, 6.07) is -0.351. The van der Waals surface area contributed by atoms with Crippen molar-refractivity contribution in [3.8, 4) is 12.3 Å². The Morgan fingerprint density at radius 2 is 2.00 bits per heavy atom. The van der Waals surface area contributed by atoms with Crippen LogP contribution in [-0.2, 0) is 9.59 Å². The molecule has 1 aliphatic carbocycles. The summed E-state index contributed by atoms with van der Waals surface area (Å²) in [7, 11) is 0. The zero-order valence-corrected chi connectivity index (χ0v) is 10.4. The number of terminal acetylenes is 1. The quantitative estimate of drug-likeness (QED) is 0.541. The largest absolute Gasteiger partial charge is 0.274 e. The second-order valence-corrected chi connectivity index (χ2v) is 5.18. The fourth-order valence-electron chi connectivity index (χ4n) is 3.13. The van der Waals surface area contributed by atoms with Gasteiger partial charge in [-0.25, -0.2) is 0 Å². The number of amides is 2. The highest BCUT2D eigenvalue weighted by atomic mass is 16.2. The number of carbonyl (C=O) groups is 2. The first-order chi connectivity index (χ1) is 8.14. The van der Waals surface area contributed by atoms with Crippen LogP contribution in [-0.4, -0.2) is 22.8 Å². The van der Waals surface area contributed by atoms with Crippen molar-refractivity contribution in [2.45, 2.75) is 57.9 Å². The van der Waals surface area contributed by atoms with E-state index in [-0.39, 0.29) is 17.9 Å². The number of likely N-dealkylation sites (tertiary alicyclic amines) is 1. The first-order valence-electron chi connectivity index (χ1n) is 6.47. The molecule has 3 heteroatoms. The van der Waals surface area contributed by atoms with Crippen molar-refractivity contribution in [2.75, 3.05) is 0 Å². The van der Waals surface area contributed by atoms with E-state index in [0.29, 0.717) is 12.8 Å². The number of rotatable bonds is 2. The van der Waals surface area contributed by atoms with Crippen molar-refractivity contribution in [3.05, 3.63) is 0 Å². The molecule has 2 aliphatic rings. The maximum Gasteiger partial charge on any atom is 0.236 e. The summed E-state index contributed by atoms with van der Waals surface area (Å²) >= 11 is 0. The Hall–Kier alpha value is -1.30. The van der Waals surface area contributed by atoms with Gasteiger partial charge in [-0.05, 0) is 19.3 Å². The summed E-state index contributed by atoms with van der Waals surface area (Å²) in [5.41, 5.74) is -0.403. The van der Waals surface area contributed by atoms with Crippen LogP contribution in [0.4, 0.5) is 0 Å². The molecule has 2 amide bonds. The fourth-order valence-corrected chi connectivity index (χ4v) is 3.13. The molecule has 1 heterocycles. The predicted molar refractivity (Wildman–Crippen MR) is 64.9 cm³/mol. The fraction of sp³-hybridized carbons (Fsp3) is 0.714. The molecule has 92 valence electrons. The predicted octanol–water partition coefficient (Wildman–Crippen LogP) is 2.11. The second kappa shape index (κ2) is 4.52. The molecule has 1 spiro atoms. The van der Waals surface area contributed by atoms with Gasteiger partial charge in [0.05, 0.1) is 5.41 Å². The molecule has 1 aliphatic heterocycles. The highest BCUT2D eigenvalue weighted by molar-refractivity contribution is 6.06. The van der Waals surface area contributed by atoms with Crippen LogP contribution in [0.25, 0.3) is 0 Å². The number of imide groups is 1. The number of hydrogen-bond acceptors (Lipinski definition) is 2. The Balaban J connectivity index is 2.24. The highest BCUT2D eigenvalue weighted by Crippen LogP contribution is 2.45. The normalized spacial score (nSPS) is 25.1. The molecule has 0 N–H and O–H groups in total. The van der Waals surface area contributed by atoms with Crippen LogP contribution in [0.3, 0.4) is 0 Å². The van der Waals surface area contributed by atoms with Gasteiger partial charge in [0.2, 0.25) is 11.8 Å². The Labute approximate surface area is 103 Å². The maximum atomic E-state index is 12.5. The lowest BCUT2D eigenvalue weighted by Crippen LogP contribution is -2.42. The molecule has 0 radical (unpaired) electrons. The van der Waals surface area contributed by atoms with Crippen molar-refractivity contribution in [3.63, 3.8) is 0 Å². The molecular weight excluding hydrogens is 214 g/mol. The van der Waals surface area contributed by atoms with Gasteiger partial charge in [0.15, 0.2) is 0 Å². The molecule has 17 heavy (non-hydrogen) atoms. The molecule has 2 fully saturated rings. The minimum absolute atomic E-state index is 0.00741. The van der Waals surface area contributed by atoms with E-state index in [1.165, 1.54) is 11.3 Å². The first-order valence-corrected chi connectivity index (χ1v) is 6.47. The second-order valence-electron chi connectivity index (χ2n) is 5.18. The summed E-state index contributed by atoms with van der Waals surface area (Å²) in [4.78, 5) is 25.8. The third kappa shape index (κ3) is 1.86. The summed E-state index contributed by atoms with van der Waals surface area (Å²) < 4.78 is 0. The lowest BCUT2D eigenvalue weighted by molar-refractivity contribution is -0.143. The van der Waals surface area contributed by atoms with Crippen LogP contribution in [0.1, 0.15) is 51.9 Å². The molecule has 3 nitrogen and oxygen atoms in total. The van der Waals surface area contributed by atoms with Crippen LogP contribution < -0.4 is 0 Å². The average molecular weight is 233 g/mol. The third-order valence-electron chi connectivity index (χ3n) is 4.13. The van der Waals surface area contributed by atoms with Gasteiger partial charge in [-0.2, -0.15) is 0 Å². The Bertz CT molecular complexity index is 374. The number of hydrogen-bond donors (Lipinski definition) is 0. The smallest absolute Gasteiger partial charge is 0.236 e. The molecule has 2 rings (SSSR count). The van der Waals surface area contributed by atoms with Crippen molar-refractivity contribution in [2.24, 2.45) is 5.41 Å². The monoisotopic (exact) mass is 233 g/mol. The average Bonchev–Trinajstić information content (AvgIpc) is 2.56. The van der Waals surface area contributed by atoms with Crippen molar-refractivity contribution >= 4 is 11.8 Å². The van der Waals surface area contributed by atoms with E-state index < -0.39 is 5.41 Å². The summed E-state index contributed by atoms with van der Waals surface area (Å²) in [5, 5.41) is 0. The van der Waals surface area contributed by atoms with Gasteiger partial charge in [-0.3, -0.25) is 14.5 Å². The molecule has 1 atom stereocenters. The topological polar surface area (TPSA) is 37.4 Å². The Kier molecular flexibility index (Phi) is 3.24. The van der Waals surface area contributed by atoms with Crippen molar-refractivity contribution in [1.82, 2.24) is 4.90 Å².